The molecule has 0 radical (unpaired) electrons. The predicted octanol–water partition coefficient (Wildman–Crippen LogP) is 5.22. The lowest BCUT2D eigenvalue weighted by molar-refractivity contribution is -0.143. The Kier molecular flexibility index (Phi) is 7.29. The quantitative estimate of drug-likeness (QED) is 0.501. The van der Waals surface area contributed by atoms with Crippen LogP contribution in [0, 0.1) is 5.41 Å². The zero-order valence-electron chi connectivity index (χ0n) is 20.0. The predicted molar refractivity (Wildman–Crippen MR) is 122 cm³/mol. The first-order chi connectivity index (χ1) is 17.4. The Labute approximate surface area is 210 Å². The van der Waals surface area contributed by atoms with Gasteiger partial charge in [0.05, 0.1) is 23.1 Å². The summed E-state index contributed by atoms with van der Waals surface area (Å²) in [5, 5.41) is 0. The summed E-state index contributed by atoms with van der Waals surface area (Å²) in [6.45, 7) is 1.27. The van der Waals surface area contributed by atoms with Crippen LogP contribution in [-0.4, -0.2) is 61.5 Å². The van der Waals surface area contributed by atoms with Crippen molar-refractivity contribution in [1.29, 1.82) is 0 Å². The van der Waals surface area contributed by atoms with Gasteiger partial charge >= 0.3 is 12.4 Å². The third-order valence-electron chi connectivity index (χ3n) is 7.33. The average molecular weight is 528 g/mol. The summed E-state index contributed by atoms with van der Waals surface area (Å²) < 4.78 is 84.8. The number of methoxy groups -OCH3 is 1. The molecule has 0 saturated carbocycles. The highest BCUT2D eigenvalue weighted by Crippen LogP contribution is 2.51. The highest BCUT2D eigenvalue weighted by Gasteiger charge is 2.55. The van der Waals surface area contributed by atoms with Crippen LogP contribution >= 0.6 is 0 Å². The molecule has 2 aromatic carbocycles. The number of amides is 2. The molecular formula is C26H26F6N2O3. The van der Waals surface area contributed by atoms with Crippen LogP contribution in [0.2, 0.25) is 0 Å². The number of ether oxygens (including phenoxy) is 1. The molecule has 1 unspecified atom stereocenters. The second-order valence-corrected chi connectivity index (χ2v) is 9.45. The Morgan fingerprint density at radius 2 is 1.54 bits per heavy atom. The van der Waals surface area contributed by atoms with Gasteiger partial charge in [0.15, 0.2) is 0 Å². The molecule has 2 fully saturated rings. The third kappa shape index (κ3) is 5.32. The Bertz CT molecular complexity index is 1110. The molecule has 2 amide bonds. The van der Waals surface area contributed by atoms with E-state index in [9.17, 15) is 35.9 Å². The largest absolute Gasteiger partial charge is 0.416 e. The molecule has 37 heavy (non-hydrogen) atoms. The number of rotatable bonds is 5. The van der Waals surface area contributed by atoms with Gasteiger partial charge in [-0.2, -0.15) is 26.3 Å². The first kappa shape index (κ1) is 27.0. The number of alkyl halides is 6. The fourth-order valence-electron chi connectivity index (χ4n) is 5.38. The lowest BCUT2D eigenvalue weighted by Crippen LogP contribution is -2.48. The molecule has 1 atom stereocenters. The van der Waals surface area contributed by atoms with Crippen molar-refractivity contribution in [3.8, 4) is 0 Å². The monoisotopic (exact) mass is 528 g/mol. The van der Waals surface area contributed by atoms with Gasteiger partial charge in [0.2, 0.25) is 5.91 Å². The van der Waals surface area contributed by atoms with Crippen LogP contribution in [0.4, 0.5) is 26.3 Å². The summed E-state index contributed by atoms with van der Waals surface area (Å²) in [5.74, 6) is -1.17. The number of piperidine rings is 1. The summed E-state index contributed by atoms with van der Waals surface area (Å²) in [6, 6.07) is 10.4. The Morgan fingerprint density at radius 3 is 2.05 bits per heavy atom. The molecule has 0 N–H and O–H groups in total. The molecule has 2 aliphatic rings. The third-order valence-corrected chi connectivity index (χ3v) is 7.33. The molecule has 2 aliphatic heterocycles. The van der Waals surface area contributed by atoms with Gasteiger partial charge in [0.25, 0.3) is 5.91 Å². The van der Waals surface area contributed by atoms with Crippen LogP contribution in [-0.2, 0) is 21.9 Å². The molecule has 11 heteroatoms. The van der Waals surface area contributed by atoms with Crippen molar-refractivity contribution in [3.63, 3.8) is 0 Å². The fraction of sp³-hybridized carbons (Fsp3) is 0.462. The van der Waals surface area contributed by atoms with Crippen LogP contribution in [0.1, 0.15) is 45.8 Å². The minimum absolute atomic E-state index is 0.00175. The van der Waals surface area contributed by atoms with Crippen molar-refractivity contribution in [2.24, 2.45) is 5.41 Å². The summed E-state index contributed by atoms with van der Waals surface area (Å²) in [4.78, 5) is 29.6. The van der Waals surface area contributed by atoms with E-state index in [1.807, 2.05) is 30.3 Å². The lowest BCUT2D eigenvalue weighted by Gasteiger charge is -2.41. The maximum absolute atomic E-state index is 13.5. The van der Waals surface area contributed by atoms with Crippen LogP contribution < -0.4 is 0 Å². The van der Waals surface area contributed by atoms with Gasteiger partial charge in [-0.1, -0.05) is 30.3 Å². The van der Waals surface area contributed by atoms with Gasteiger partial charge in [-0.3, -0.25) is 9.59 Å². The van der Waals surface area contributed by atoms with E-state index in [1.165, 1.54) is 12.0 Å². The van der Waals surface area contributed by atoms with Crippen molar-refractivity contribution in [3.05, 3.63) is 70.8 Å². The van der Waals surface area contributed by atoms with Gasteiger partial charge in [0.1, 0.15) is 0 Å². The minimum Gasteiger partial charge on any atom is -0.383 e. The van der Waals surface area contributed by atoms with Crippen molar-refractivity contribution < 1.29 is 40.7 Å². The van der Waals surface area contributed by atoms with Crippen molar-refractivity contribution >= 4 is 11.8 Å². The van der Waals surface area contributed by atoms with E-state index in [0.29, 0.717) is 31.8 Å². The first-order valence-corrected chi connectivity index (χ1v) is 11.8. The Morgan fingerprint density at radius 1 is 0.973 bits per heavy atom. The summed E-state index contributed by atoms with van der Waals surface area (Å²) in [7, 11) is 1.53. The first-order valence-electron chi connectivity index (χ1n) is 11.8. The van der Waals surface area contributed by atoms with E-state index >= 15 is 0 Å². The van der Waals surface area contributed by atoms with E-state index in [2.05, 4.69) is 0 Å². The zero-order chi connectivity index (χ0) is 27.0. The van der Waals surface area contributed by atoms with E-state index in [0.717, 1.165) is 5.56 Å². The molecule has 4 rings (SSSR count). The number of benzene rings is 2. The summed E-state index contributed by atoms with van der Waals surface area (Å²) in [6.07, 6.45) is -9.61. The SMILES string of the molecule is COCCN1CC(c2ccccc2)C2(CCN(C(=O)c3cc(C(F)(F)F)cc(C(F)(F)F)c3)CC2)C1=O. The lowest BCUT2D eigenvalue weighted by atomic mass is 9.68. The number of hydrogen-bond donors (Lipinski definition) is 0. The molecule has 0 aliphatic carbocycles. The molecular weight excluding hydrogens is 502 g/mol. The van der Waals surface area contributed by atoms with Gasteiger partial charge < -0.3 is 14.5 Å². The van der Waals surface area contributed by atoms with Crippen molar-refractivity contribution in [1.82, 2.24) is 9.80 Å². The second kappa shape index (κ2) is 10.00. The summed E-state index contributed by atoms with van der Waals surface area (Å²) >= 11 is 0. The topological polar surface area (TPSA) is 49.9 Å². The molecule has 1 spiro atoms. The van der Waals surface area contributed by atoms with Gasteiger partial charge in [-0.15, -0.1) is 0 Å². The van der Waals surface area contributed by atoms with Gasteiger partial charge in [-0.25, -0.2) is 0 Å². The number of nitrogens with zero attached hydrogens (tertiary/aromatic N) is 2. The maximum Gasteiger partial charge on any atom is 0.416 e. The molecule has 2 heterocycles. The molecule has 0 bridgehead atoms. The van der Waals surface area contributed by atoms with E-state index in [1.54, 1.807) is 4.90 Å². The van der Waals surface area contributed by atoms with Crippen molar-refractivity contribution in [2.45, 2.75) is 31.1 Å². The molecule has 2 aromatic rings. The normalized spacial score (nSPS) is 20.1. The van der Waals surface area contributed by atoms with Gasteiger partial charge in [-0.05, 0) is 36.6 Å². The fourth-order valence-corrected chi connectivity index (χ4v) is 5.38. The van der Waals surface area contributed by atoms with Crippen LogP contribution in [0.25, 0.3) is 0 Å². The van der Waals surface area contributed by atoms with E-state index in [4.69, 9.17) is 4.74 Å². The number of halogens is 6. The molecule has 5 nitrogen and oxygen atoms in total. The average Bonchev–Trinajstić information content (AvgIpc) is 3.13. The number of carbonyl (C=O) groups excluding carboxylic acids is 2. The highest BCUT2D eigenvalue weighted by atomic mass is 19.4. The second-order valence-electron chi connectivity index (χ2n) is 9.45. The van der Waals surface area contributed by atoms with Gasteiger partial charge in [0, 0.05) is 44.8 Å². The maximum atomic E-state index is 13.5. The Hall–Kier alpha value is -3.08. The molecule has 200 valence electrons. The number of likely N-dealkylation sites (tertiary alicyclic amines) is 2. The highest BCUT2D eigenvalue weighted by molar-refractivity contribution is 5.95. The number of hydrogen-bond acceptors (Lipinski definition) is 3. The summed E-state index contributed by atoms with van der Waals surface area (Å²) in [5.41, 5.74) is -3.62. The van der Waals surface area contributed by atoms with E-state index < -0.39 is 40.4 Å². The van der Waals surface area contributed by atoms with Crippen LogP contribution in [0.3, 0.4) is 0 Å². The van der Waals surface area contributed by atoms with Crippen molar-refractivity contribution in [2.75, 3.05) is 39.9 Å². The Balaban J connectivity index is 1.60. The molecule has 2 saturated heterocycles. The van der Waals surface area contributed by atoms with E-state index in [-0.39, 0.29) is 43.8 Å². The number of carbonyl (C=O) groups is 2. The zero-order valence-corrected chi connectivity index (χ0v) is 20.0. The van der Waals surface area contributed by atoms with Crippen LogP contribution in [0.15, 0.2) is 48.5 Å². The van der Waals surface area contributed by atoms with Crippen LogP contribution in [0.5, 0.6) is 0 Å². The minimum atomic E-state index is -5.05. The smallest absolute Gasteiger partial charge is 0.383 e. The molecule has 0 aromatic heterocycles. The standard InChI is InChI=1S/C26H26F6N2O3/c1-37-12-11-34-16-21(17-5-3-2-4-6-17)24(23(34)36)7-9-33(10-8-24)22(35)18-13-19(25(27,28)29)15-20(14-18)26(30,31)32/h2-6,13-15,21H,7-12,16H2,1H3.